The Morgan fingerprint density at radius 3 is 2.35 bits per heavy atom. The minimum Gasteiger partial charge on any atom is -0.330 e. The van der Waals surface area contributed by atoms with Gasteiger partial charge in [-0.05, 0) is 51.2 Å². The summed E-state index contributed by atoms with van der Waals surface area (Å²) in [4.78, 5) is 2.39. The maximum Gasteiger partial charge on any atom is 0.151 e. The van der Waals surface area contributed by atoms with Crippen molar-refractivity contribution < 1.29 is 8.42 Å². The Labute approximate surface area is 104 Å². The summed E-state index contributed by atoms with van der Waals surface area (Å²) in [5.41, 5.74) is 5.68. The first-order valence-corrected chi connectivity index (χ1v) is 8.61. The fourth-order valence-electron chi connectivity index (χ4n) is 3.34. The lowest BCUT2D eigenvalue weighted by Crippen LogP contribution is -2.47. The van der Waals surface area contributed by atoms with Crippen LogP contribution >= 0.6 is 0 Å². The van der Waals surface area contributed by atoms with Gasteiger partial charge in [0.05, 0.1) is 5.25 Å². The van der Waals surface area contributed by atoms with Crippen molar-refractivity contribution in [2.75, 3.05) is 25.9 Å². The Balaban J connectivity index is 1.98. The molecule has 0 spiro atoms. The quantitative estimate of drug-likeness (QED) is 0.808. The minimum absolute atomic E-state index is 0.128. The summed E-state index contributed by atoms with van der Waals surface area (Å²) >= 11 is 0. The van der Waals surface area contributed by atoms with Crippen molar-refractivity contribution >= 4 is 9.84 Å². The molecule has 0 aromatic rings. The smallest absolute Gasteiger partial charge is 0.151 e. The molecule has 2 unspecified atom stereocenters. The van der Waals surface area contributed by atoms with Crippen LogP contribution < -0.4 is 5.73 Å². The molecule has 0 aromatic carbocycles. The number of sulfone groups is 1. The molecule has 100 valence electrons. The van der Waals surface area contributed by atoms with Crippen LogP contribution in [0.1, 0.15) is 32.1 Å². The van der Waals surface area contributed by atoms with Crippen molar-refractivity contribution in [2.24, 2.45) is 11.7 Å². The zero-order chi connectivity index (χ0) is 12.5. The Morgan fingerprint density at radius 1 is 1.18 bits per heavy atom. The highest BCUT2D eigenvalue weighted by atomic mass is 32.2. The van der Waals surface area contributed by atoms with Crippen molar-refractivity contribution in [2.45, 2.75) is 43.4 Å². The SMILES string of the molecule is CS(=O)(=O)C1CCCC1N1CCC(CN)CC1. The van der Waals surface area contributed by atoms with Crippen LogP contribution in [0.3, 0.4) is 0 Å². The predicted molar refractivity (Wildman–Crippen MR) is 69.6 cm³/mol. The van der Waals surface area contributed by atoms with Gasteiger partial charge in [-0.15, -0.1) is 0 Å². The number of nitrogens with zero attached hydrogens (tertiary/aromatic N) is 1. The second-order valence-electron chi connectivity index (χ2n) is 5.58. The van der Waals surface area contributed by atoms with Gasteiger partial charge in [-0.3, -0.25) is 4.90 Å². The first kappa shape index (κ1) is 13.3. The van der Waals surface area contributed by atoms with E-state index in [2.05, 4.69) is 4.90 Å². The fraction of sp³-hybridized carbons (Fsp3) is 1.00. The van der Waals surface area contributed by atoms with E-state index < -0.39 is 9.84 Å². The standard InChI is InChI=1S/C12H24N2O2S/c1-17(15,16)12-4-2-3-11(12)14-7-5-10(9-13)6-8-14/h10-12H,2-9,13H2,1H3. The van der Waals surface area contributed by atoms with Crippen LogP contribution in [0.2, 0.25) is 0 Å². The number of nitrogens with two attached hydrogens (primary N) is 1. The van der Waals surface area contributed by atoms with E-state index in [0.717, 1.165) is 51.7 Å². The topological polar surface area (TPSA) is 63.4 Å². The summed E-state index contributed by atoms with van der Waals surface area (Å²) < 4.78 is 23.5. The Kier molecular flexibility index (Phi) is 4.10. The Bertz CT molecular complexity index is 348. The lowest BCUT2D eigenvalue weighted by molar-refractivity contribution is 0.138. The third-order valence-corrected chi connectivity index (χ3v) is 6.07. The van der Waals surface area contributed by atoms with E-state index in [-0.39, 0.29) is 11.3 Å². The molecule has 17 heavy (non-hydrogen) atoms. The largest absolute Gasteiger partial charge is 0.330 e. The van der Waals surface area contributed by atoms with Gasteiger partial charge >= 0.3 is 0 Å². The zero-order valence-electron chi connectivity index (χ0n) is 10.6. The van der Waals surface area contributed by atoms with Crippen LogP contribution in [0.4, 0.5) is 0 Å². The molecule has 2 rings (SSSR count). The van der Waals surface area contributed by atoms with Crippen LogP contribution in [-0.2, 0) is 9.84 Å². The van der Waals surface area contributed by atoms with E-state index >= 15 is 0 Å². The van der Waals surface area contributed by atoms with E-state index in [0.29, 0.717) is 5.92 Å². The summed E-state index contributed by atoms with van der Waals surface area (Å²) in [5, 5.41) is -0.128. The van der Waals surface area contributed by atoms with Gasteiger partial charge < -0.3 is 5.73 Å². The number of likely N-dealkylation sites (tertiary alicyclic amines) is 1. The zero-order valence-corrected chi connectivity index (χ0v) is 11.5. The number of piperidine rings is 1. The molecular weight excluding hydrogens is 236 g/mol. The first-order chi connectivity index (χ1) is 8.02. The maximum atomic E-state index is 11.8. The Morgan fingerprint density at radius 2 is 1.82 bits per heavy atom. The summed E-state index contributed by atoms with van der Waals surface area (Å²) in [5.74, 6) is 0.643. The van der Waals surface area contributed by atoms with Crippen LogP contribution in [-0.4, -0.2) is 50.5 Å². The van der Waals surface area contributed by atoms with Gasteiger partial charge in [0, 0.05) is 12.3 Å². The van der Waals surface area contributed by atoms with Crippen molar-refractivity contribution in [3.63, 3.8) is 0 Å². The highest BCUT2D eigenvalue weighted by Crippen LogP contribution is 2.31. The summed E-state index contributed by atoms with van der Waals surface area (Å²) in [7, 11) is -2.89. The van der Waals surface area contributed by atoms with Gasteiger partial charge in [0.25, 0.3) is 0 Å². The second-order valence-corrected chi connectivity index (χ2v) is 7.85. The first-order valence-electron chi connectivity index (χ1n) is 6.65. The van der Waals surface area contributed by atoms with Crippen molar-refractivity contribution in [1.82, 2.24) is 4.90 Å². The predicted octanol–water partition coefficient (Wildman–Crippen LogP) is 0.623. The summed E-state index contributed by atoms with van der Waals surface area (Å²) in [6.07, 6.45) is 6.60. The van der Waals surface area contributed by atoms with Gasteiger partial charge in [-0.25, -0.2) is 8.42 Å². The summed E-state index contributed by atoms with van der Waals surface area (Å²) in [6, 6.07) is 0.267. The van der Waals surface area contributed by atoms with Gasteiger partial charge in [0.15, 0.2) is 9.84 Å². The van der Waals surface area contributed by atoms with E-state index in [1.54, 1.807) is 0 Å². The second kappa shape index (κ2) is 5.24. The highest BCUT2D eigenvalue weighted by molar-refractivity contribution is 7.91. The monoisotopic (exact) mass is 260 g/mol. The number of hydrogen-bond donors (Lipinski definition) is 1. The summed E-state index contributed by atoms with van der Waals surface area (Å²) in [6.45, 7) is 2.82. The lowest BCUT2D eigenvalue weighted by atomic mass is 9.95. The van der Waals surface area contributed by atoms with E-state index in [1.807, 2.05) is 0 Å². The van der Waals surface area contributed by atoms with E-state index in [1.165, 1.54) is 6.26 Å². The maximum absolute atomic E-state index is 11.8. The van der Waals surface area contributed by atoms with E-state index in [4.69, 9.17) is 5.73 Å². The average Bonchev–Trinajstić information content (AvgIpc) is 2.78. The molecule has 2 fully saturated rings. The van der Waals surface area contributed by atoms with Crippen LogP contribution in [0.15, 0.2) is 0 Å². The molecule has 1 aliphatic carbocycles. The van der Waals surface area contributed by atoms with Crippen molar-refractivity contribution in [3.05, 3.63) is 0 Å². The minimum atomic E-state index is -2.89. The van der Waals surface area contributed by atoms with Crippen LogP contribution in [0.25, 0.3) is 0 Å². The third-order valence-electron chi connectivity index (χ3n) is 4.42. The molecular formula is C12H24N2O2S. The third kappa shape index (κ3) is 3.01. The molecule has 1 heterocycles. The fourth-order valence-corrected chi connectivity index (χ4v) is 4.82. The molecule has 0 radical (unpaired) electrons. The van der Waals surface area contributed by atoms with Gasteiger partial charge in [-0.2, -0.15) is 0 Å². The number of rotatable bonds is 3. The molecule has 1 saturated carbocycles. The molecule has 2 atom stereocenters. The molecule has 0 aromatic heterocycles. The normalized spacial score (nSPS) is 33.1. The molecule has 0 amide bonds. The highest BCUT2D eigenvalue weighted by Gasteiger charge is 2.39. The number of hydrogen-bond acceptors (Lipinski definition) is 4. The van der Waals surface area contributed by atoms with Gasteiger partial charge in [0.1, 0.15) is 0 Å². The molecule has 2 N–H and O–H groups in total. The van der Waals surface area contributed by atoms with Crippen LogP contribution in [0, 0.1) is 5.92 Å². The van der Waals surface area contributed by atoms with Crippen molar-refractivity contribution in [3.8, 4) is 0 Å². The van der Waals surface area contributed by atoms with E-state index in [9.17, 15) is 8.42 Å². The Hall–Kier alpha value is -0.130. The van der Waals surface area contributed by atoms with Gasteiger partial charge in [-0.1, -0.05) is 6.42 Å². The lowest BCUT2D eigenvalue weighted by Gasteiger charge is -2.37. The molecule has 2 aliphatic rings. The molecule has 4 nitrogen and oxygen atoms in total. The molecule has 0 bridgehead atoms. The molecule has 1 saturated heterocycles. The molecule has 5 heteroatoms. The van der Waals surface area contributed by atoms with Gasteiger partial charge in [0.2, 0.25) is 0 Å². The van der Waals surface area contributed by atoms with Crippen molar-refractivity contribution in [1.29, 1.82) is 0 Å². The van der Waals surface area contributed by atoms with Crippen LogP contribution in [0.5, 0.6) is 0 Å². The molecule has 1 aliphatic heterocycles. The average molecular weight is 260 g/mol.